The van der Waals surface area contributed by atoms with Gasteiger partial charge in [0, 0.05) is 5.69 Å². The molecule has 0 aliphatic rings. The summed E-state index contributed by atoms with van der Waals surface area (Å²) in [4.78, 5) is 14.6. The van der Waals surface area contributed by atoms with Gasteiger partial charge in [-0.1, -0.05) is 6.07 Å². The summed E-state index contributed by atoms with van der Waals surface area (Å²) in [6, 6.07) is 14.7. The Bertz CT molecular complexity index is 1110. The van der Waals surface area contributed by atoms with Crippen LogP contribution in [0.5, 0.6) is 0 Å². The van der Waals surface area contributed by atoms with Crippen LogP contribution in [0.3, 0.4) is 0 Å². The molecule has 134 valence electrons. The summed E-state index contributed by atoms with van der Waals surface area (Å²) in [5, 5.41) is 15.4. The molecule has 0 saturated carbocycles. The number of H-pyrrole nitrogens is 1. The highest BCUT2D eigenvalue weighted by Crippen LogP contribution is 2.28. The third kappa shape index (κ3) is 3.55. The second-order valence-electron chi connectivity index (χ2n) is 5.55. The van der Waals surface area contributed by atoms with Crippen LogP contribution in [-0.2, 0) is 0 Å². The zero-order valence-corrected chi connectivity index (χ0v) is 15.4. The smallest absolute Gasteiger partial charge is 0.267 e. The second-order valence-corrected chi connectivity index (χ2v) is 6.88. The van der Waals surface area contributed by atoms with Crippen molar-refractivity contribution in [1.29, 1.82) is 0 Å². The van der Waals surface area contributed by atoms with Gasteiger partial charge in [-0.15, -0.1) is 11.3 Å². The summed E-state index contributed by atoms with van der Waals surface area (Å²) in [6.45, 7) is 0. The lowest BCUT2D eigenvalue weighted by Gasteiger charge is -2.25. The number of carbonyl (C=O) groups excluding carboxylic acids is 1. The van der Waals surface area contributed by atoms with Gasteiger partial charge in [0.05, 0.1) is 10.6 Å². The number of hydrogen-bond donors (Lipinski definition) is 2. The second kappa shape index (κ2) is 7.22. The van der Waals surface area contributed by atoms with Crippen LogP contribution in [-0.4, -0.2) is 26.4 Å². The molecule has 0 radical (unpaired) electrons. The third-order valence-corrected chi connectivity index (χ3v) is 4.96. The van der Waals surface area contributed by atoms with Crippen molar-refractivity contribution in [3.05, 3.63) is 70.7 Å². The van der Waals surface area contributed by atoms with E-state index in [9.17, 15) is 9.18 Å². The van der Waals surface area contributed by atoms with Crippen LogP contribution in [0.15, 0.2) is 60.0 Å². The number of anilines is 2. The molecule has 2 aromatic heterocycles. The molecule has 4 aromatic rings. The molecule has 0 aliphatic carbocycles. The van der Waals surface area contributed by atoms with E-state index in [1.165, 1.54) is 23.5 Å². The Kier molecular flexibility index (Phi) is 4.61. The number of thiocarbonyl (C=S) groups is 1. The molecule has 27 heavy (non-hydrogen) atoms. The van der Waals surface area contributed by atoms with E-state index >= 15 is 0 Å². The van der Waals surface area contributed by atoms with Crippen LogP contribution in [0.2, 0.25) is 0 Å². The summed E-state index contributed by atoms with van der Waals surface area (Å²) in [6.07, 6.45) is 0. The Morgan fingerprint density at radius 2 is 1.81 bits per heavy atom. The number of amides is 1. The minimum absolute atomic E-state index is 0.169. The maximum atomic E-state index is 13.4. The summed E-state index contributed by atoms with van der Waals surface area (Å²) < 4.78 is 13.4. The molecule has 4 rings (SSSR count). The van der Waals surface area contributed by atoms with E-state index in [2.05, 4.69) is 20.7 Å². The Morgan fingerprint density at radius 1 is 1.07 bits per heavy atom. The monoisotopic (exact) mass is 397 g/mol. The van der Waals surface area contributed by atoms with Gasteiger partial charge in [0.1, 0.15) is 16.9 Å². The van der Waals surface area contributed by atoms with Crippen molar-refractivity contribution >= 4 is 57.0 Å². The molecule has 2 N–H and O–H groups in total. The van der Waals surface area contributed by atoms with Crippen molar-refractivity contribution in [2.24, 2.45) is 0 Å². The predicted molar refractivity (Wildman–Crippen MR) is 107 cm³/mol. The Hall–Kier alpha value is -3.17. The van der Waals surface area contributed by atoms with Crippen LogP contribution < -0.4 is 10.2 Å². The number of nitrogens with zero attached hydrogens (tertiary/aromatic N) is 3. The zero-order valence-electron chi connectivity index (χ0n) is 13.7. The molecule has 0 spiro atoms. The summed E-state index contributed by atoms with van der Waals surface area (Å²) in [5.41, 5.74) is 2.62. The standard InChI is InChI=1S/C18H12FN5OS2/c19-11-3-5-12(6-4-11)24(13-7-8-14-15(10-13)22-23-21-14)18(26)20-17(25)16-2-1-9-27-16/h1-10H,(H,20,25,26)(H,21,22,23). The quantitative estimate of drug-likeness (QED) is 0.511. The maximum absolute atomic E-state index is 13.4. The molecule has 2 aromatic carbocycles. The van der Waals surface area contributed by atoms with Gasteiger partial charge >= 0.3 is 0 Å². The lowest BCUT2D eigenvalue weighted by atomic mass is 10.2. The van der Waals surface area contributed by atoms with Crippen molar-refractivity contribution in [3.8, 4) is 0 Å². The fraction of sp³-hybridized carbons (Fsp3) is 0. The number of hydrogen-bond acceptors (Lipinski definition) is 5. The van der Waals surface area contributed by atoms with Crippen LogP contribution in [0, 0.1) is 5.82 Å². The molecule has 2 heterocycles. The van der Waals surface area contributed by atoms with Crippen molar-refractivity contribution in [2.75, 3.05) is 4.90 Å². The molecular weight excluding hydrogens is 385 g/mol. The first-order valence-electron chi connectivity index (χ1n) is 7.87. The highest BCUT2D eigenvalue weighted by molar-refractivity contribution is 7.80. The number of benzene rings is 2. The van der Waals surface area contributed by atoms with E-state index in [0.29, 0.717) is 27.3 Å². The number of nitrogens with one attached hydrogen (secondary N) is 2. The fourth-order valence-electron chi connectivity index (χ4n) is 2.56. The molecular formula is C18H12FN5OS2. The summed E-state index contributed by atoms with van der Waals surface area (Å²) in [5.74, 6) is -0.663. The predicted octanol–water partition coefficient (Wildman–Crippen LogP) is 4.01. The summed E-state index contributed by atoms with van der Waals surface area (Å²) in [7, 11) is 0. The minimum Gasteiger partial charge on any atom is -0.298 e. The minimum atomic E-state index is -0.362. The Morgan fingerprint density at radius 3 is 2.56 bits per heavy atom. The number of carbonyl (C=O) groups is 1. The molecule has 9 heteroatoms. The normalized spacial score (nSPS) is 10.7. The number of thiophene rings is 1. The highest BCUT2D eigenvalue weighted by Gasteiger charge is 2.19. The molecule has 0 fully saturated rings. The van der Waals surface area contributed by atoms with Gasteiger partial charge in [0.2, 0.25) is 0 Å². The lowest BCUT2D eigenvalue weighted by molar-refractivity contribution is 0.0981. The first-order valence-corrected chi connectivity index (χ1v) is 9.15. The SMILES string of the molecule is O=C(NC(=S)N(c1ccc(F)cc1)c1ccc2n[nH]nc2c1)c1cccs1. The van der Waals surface area contributed by atoms with E-state index in [0.717, 1.165) is 0 Å². The van der Waals surface area contributed by atoms with E-state index in [-0.39, 0.29) is 16.8 Å². The van der Waals surface area contributed by atoms with Gasteiger partial charge in [-0.05, 0) is 66.1 Å². The highest BCUT2D eigenvalue weighted by atomic mass is 32.1. The maximum Gasteiger partial charge on any atom is 0.267 e. The van der Waals surface area contributed by atoms with Crippen molar-refractivity contribution in [2.45, 2.75) is 0 Å². The van der Waals surface area contributed by atoms with E-state index in [4.69, 9.17) is 12.2 Å². The molecule has 6 nitrogen and oxygen atoms in total. The van der Waals surface area contributed by atoms with Gasteiger partial charge in [-0.25, -0.2) is 4.39 Å². The summed E-state index contributed by atoms with van der Waals surface area (Å²) >= 11 is 6.80. The lowest BCUT2D eigenvalue weighted by Crippen LogP contribution is -2.40. The van der Waals surface area contributed by atoms with E-state index < -0.39 is 0 Å². The molecule has 0 bridgehead atoms. The zero-order chi connectivity index (χ0) is 18.8. The number of aromatic amines is 1. The average molecular weight is 397 g/mol. The topological polar surface area (TPSA) is 73.9 Å². The van der Waals surface area contributed by atoms with Gasteiger partial charge < -0.3 is 0 Å². The first kappa shape index (κ1) is 17.3. The van der Waals surface area contributed by atoms with E-state index in [1.807, 2.05) is 5.38 Å². The van der Waals surface area contributed by atoms with Gasteiger partial charge in [-0.2, -0.15) is 15.4 Å². The van der Waals surface area contributed by atoms with Gasteiger partial charge in [-0.3, -0.25) is 15.0 Å². The number of rotatable bonds is 3. The largest absolute Gasteiger partial charge is 0.298 e. The molecule has 0 saturated heterocycles. The first-order chi connectivity index (χ1) is 13.1. The number of halogens is 1. The molecule has 0 atom stereocenters. The van der Waals surface area contributed by atoms with Crippen LogP contribution in [0.25, 0.3) is 11.0 Å². The average Bonchev–Trinajstić information content (AvgIpc) is 3.35. The Balaban J connectivity index is 1.71. The molecule has 0 aliphatic heterocycles. The number of aromatic nitrogens is 3. The van der Waals surface area contributed by atoms with Crippen molar-refractivity contribution < 1.29 is 9.18 Å². The van der Waals surface area contributed by atoms with E-state index in [1.54, 1.807) is 47.4 Å². The fourth-order valence-corrected chi connectivity index (χ4v) is 3.49. The molecule has 0 unspecified atom stereocenters. The van der Waals surface area contributed by atoms with Crippen molar-refractivity contribution in [3.63, 3.8) is 0 Å². The van der Waals surface area contributed by atoms with Crippen LogP contribution in [0.1, 0.15) is 9.67 Å². The number of fused-ring (bicyclic) bond motifs is 1. The van der Waals surface area contributed by atoms with Crippen LogP contribution >= 0.6 is 23.6 Å². The Labute approximate surface area is 162 Å². The van der Waals surface area contributed by atoms with Crippen molar-refractivity contribution in [1.82, 2.24) is 20.7 Å². The van der Waals surface area contributed by atoms with Crippen LogP contribution in [0.4, 0.5) is 15.8 Å². The van der Waals surface area contributed by atoms with Gasteiger partial charge in [0.25, 0.3) is 5.91 Å². The molecule has 1 amide bonds. The van der Waals surface area contributed by atoms with Gasteiger partial charge in [0.15, 0.2) is 5.11 Å². The third-order valence-electron chi connectivity index (χ3n) is 3.81.